The highest BCUT2D eigenvalue weighted by atomic mass is 35.5. The molecule has 2 rings (SSSR count). The van der Waals surface area contributed by atoms with Crippen LogP contribution < -0.4 is 4.74 Å². The lowest BCUT2D eigenvalue weighted by Gasteiger charge is -2.11. The van der Waals surface area contributed by atoms with Crippen LogP contribution in [0.2, 0.25) is 5.02 Å². The van der Waals surface area contributed by atoms with E-state index in [1.165, 1.54) is 25.7 Å². The third-order valence-corrected chi connectivity index (χ3v) is 3.53. The number of hydrogen-bond donors (Lipinski definition) is 0. The van der Waals surface area contributed by atoms with Crippen molar-refractivity contribution in [3.05, 3.63) is 22.8 Å². The van der Waals surface area contributed by atoms with Gasteiger partial charge in [-0.3, -0.25) is 0 Å². The molecular formula is C12H15Cl2NO. The minimum Gasteiger partial charge on any atom is -0.476 e. The molecule has 0 N–H and O–H groups in total. The van der Waals surface area contributed by atoms with E-state index in [2.05, 4.69) is 4.98 Å². The van der Waals surface area contributed by atoms with Crippen LogP contribution in [-0.4, -0.2) is 11.6 Å². The zero-order chi connectivity index (χ0) is 11.4. The first-order valence-electron chi connectivity index (χ1n) is 5.63. The molecule has 0 unspecified atom stereocenters. The summed E-state index contributed by atoms with van der Waals surface area (Å²) in [5.41, 5.74) is 0.917. The van der Waals surface area contributed by atoms with Gasteiger partial charge in [0.2, 0.25) is 5.88 Å². The van der Waals surface area contributed by atoms with Crippen LogP contribution in [0.25, 0.3) is 0 Å². The lowest BCUT2D eigenvalue weighted by molar-refractivity contribution is 0.243. The minimum absolute atomic E-state index is 0.426. The van der Waals surface area contributed by atoms with E-state index in [0.29, 0.717) is 22.7 Å². The van der Waals surface area contributed by atoms with Gasteiger partial charge in [0.05, 0.1) is 6.61 Å². The lowest BCUT2D eigenvalue weighted by Crippen LogP contribution is -2.09. The second-order valence-corrected chi connectivity index (χ2v) is 4.90. The van der Waals surface area contributed by atoms with E-state index in [0.717, 1.165) is 12.2 Å². The van der Waals surface area contributed by atoms with Crippen LogP contribution in [0.1, 0.15) is 31.2 Å². The number of halogens is 2. The van der Waals surface area contributed by atoms with E-state index in [1.807, 2.05) is 6.07 Å². The number of ether oxygens (including phenoxy) is 1. The number of nitrogens with zero attached hydrogens (tertiary/aromatic N) is 1. The molecule has 0 saturated heterocycles. The second kappa shape index (κ2) is 5.74. The van der Waals surface area contributed by atoms with Gasteiger partial charge >= 0.3 is 0 Å². The van der Waals surface area contributed by atoms with E-state index in [-0.39, 0.29) is 0 Å². The Balaban J connectivity index is 1.93. The van der Waals surface area contributed by atoms with Gasteiger partial charge in [0, 0.05) is 12.1 Å². The van der Waals surface area contributed by atoms with Gasteiger partial charge in [0.15, 0.2) is 0 Å². The maximum absolute atomic E-state index is 6.05. The number of hydrogen-bond acceptors (Lipinski definition) is 2. The molecule has 0 aromatic carbocycles. The predicted octanol–water partition coefficient (Wildman–Crippen LogP) is 4.04. The van der Waals surface area contributed by atoms with Crippen molar-refractivity contribution in [1.82, 2.24) is 4.98 Å². The van der Waals surface area contributed by atoms with Crippen molar-refractivity contribution < 1.29 is 4.74 Å². The summed E-state index contributed by atoms with van der Waals surface area (Å²) in [4.78, 5) is 4.17. The highest BCUT2D eigenvalue weighted by molar-refractivity contribution is 6.32. The van der Waals surface area contributed by atoms with E-state index >= 15 is 0 Å². The Morgan fingerprint density at radius 3 is 2.75 bits per heavy atom. The normalized spacial score (nSPS) is 16.6. The van der Waals surface area contributed by atoms with E-state index in [4.69, 9.17) is 27.9 Å². The molecule has 1 heterocycles. The zero-order valence-electron chi connectivity index (χ0n) is 9.09. The quantitative estimate of drug-likeness (QED) is 0.762. The summed E-state index contributed by atoms with van der Waals surface area (Å²) in [5.74, 6) is 1.63. The average molecular weight is 260 g/mol. The van der Waals surface area contributed by atoms with Crippen LogP contribution >= 0.6 is 23.2 Å². The highest BCUT2D eigenvalue weighted by Crippen LogP contribution is 2.28. The first-order valence-corrected chi connectivity index (χ1v) is 6.54. The molecule has 1 aromatic heterocycles. The standard InChI is InChI=1S/C12H15Cl2NO/c13-6-10-5-11(14)12(15-7-10)16-8-9-3-1-2-4-9/h5,7,9H,1-4,6,8H2. The van der Waals surface area contributed by atoms with Crippen LogP contribution in [0, 0.1) is 5.92 Å². The summed E-state index contributed by atoms with van der Waals surface area (Å²) in [6, 6.07) is 1.81. The smallest absolute Gasteiger partial charge is 0.232 e. The van der Waals surface area contributed by atoms with Crippen LogP contribution in [-0.2, 0) is 5.88 Å². The average Bonchev–Trinajstić information content (AvgIpc) is 2.80. The molecule has 0 spiro atoms. The van der Waals surface area contributed by atoms with Gasteiger partial charge in [0.1, 0.15) is 5.02 Å². The first kappa shape index (κ1) is 12.0. The Morgan fingerprint density at radius 1 is 1.38 bits per heavy atom. The summed E-state index contributed by atoms with van der Waals surface area (Å²) in [6.45, 7) is 0.729. The number of rotatable bonds is 4. The van der Waals surface area contributed by atoms with Gasteiger partial charge in [-0.1, -0.05) is 24.4 Å². The number of aromatic nitrogens is 1. The van der Waals surface area contributed by atoms with Gasteiger partial charge in [-0.25, -0.2) is 4.98 Å². The molecule has 1 aromatic rings. The summed E-state index contributed by atoms with van der Waals surface area (Å²) >= 11 is 11.7. The predicted molar refractivity (Wildman–Crippen MR) is 66.3 cm³/mol. The highest BCUT2D eigenvalue weighted by Gasteiger charge is 2.16. The molecule has 1 aliphatic carbocycles. The van der Waals surface area contributed by atoms with Gasteiger partial charge < -0.3 is 4.74 Å². The molecule has 1 aliphatic rings. The Bertz CT molecular complexity index is 351. The van der Waals surface area contributed by atoms with Gasteiger partial charge in [-0.05, 0) is 30.4 Å². The van der Waals surface area contributed by atoms with Crippen LogP contribution in [0.4, 0.5) is 0 Å². The summed E-state index contributed by atoms with van der Waals surface area (Å²) in [5, 5.41) is 0.552. The summed E-state index contributed by atoms with van der Waals surface area (Å²) in [7, 11) is 0. The molecule has 0 amide bonds. The van der Waals surface area contributed by atoms with E-state index in [1.54, 1.807) is 6.20 Å². The third kappa shape index (κ3) is 3.02. The molecule has 1 fully saturated rings. The third-order valence-electron chi connectivity index (χ3n) is 2.95. The Labute approximate surface area is 106 Å². The van der Waals surface area contributed by atoms with Crippen LogP contribution in [0.15, 0.2) is 12.3 Å². The molecular weight excluding hydrogens is 245 g/mol. The van der Waals surface area contributed by atoms with Crippen molar-refractivity contribution in [3.63, 3.8) is 0 Å². The molecule has 16 heavy (non-hydrogen) atoms. The minimum atomic E-state index is 0.426. The fraction of sp³-hybridized carbons (Fsp3) is 0.583. The van der Waals surface area contributed by atoms with Crippen molar-refractivity contribution in [2.24, 2.45) is 5.92 Å². The van der Waals surface area contributed by atoms with Crippen molar-refractivity contribution in [1.29, 1.82) is 0 Å². The van der Waals surface area contributed by atoms with Gasteiger partial charge in [-0.15, -0.1) is 11.6 Å². The molecule has 0 radical (unpaired) electrons. The maximum atomic E-state index is 6.05. The van der Waals surface area contributed by atoms with Crippen molar-refractivity contribution in [2.45, 2.75) is 31.6 Å². The molecule has 1 saturated carbocycles. The Morgan fingerprint density at radius 2 is 2.12 bits per heavy atom. The van der Waals surface area contributed by atoms with Gasteiger partial charge in [-0.2, -0.15) is 0 Å². The lowest BCUT2D eigenvalue weighted by atomic mass is 10.1. The molecule has 0 bridgehead atoms. The van der Waals surface area contributed by atoms with Crippen LogP contribution in [0.5, 0.6) is 5.88 Å². The molecule has 0 atom stereocenters. The fourth-order valence-electron chi connectivity index (χ4n) is 2.02. The van der Waals surface area contributed by atoms with E-state index in [9.17, 15) is 0 Å². The Kier molecular flexibility index (Phi) is 4.30. The van der Waals surface area contributed by atoms with Gasteiger partial charge in [0.25, 0.3) is 0 Å². The molecule has 0 aliphatic heterocycles. The zero-order valence-corrected chi connectivity index (χ0v) is 10.6. The van der Waals surface area contributed by atoms with Crippen molar-refractivity contribution >= 4 is 23.2 Å². The topological polar surface area (TPSA) is 22.1 Å². The van der Waals surface area contributed by atoms with Crippen molar-refractivity contribution in [3.8, 4) is 5.88 Å². The number of pyridine rings is 1. The molecule has 4 heteroatoms. The monoisotopic (exact) mass is 259 g/mol. The summed E-state index contributed by atoms with van der Waals surface area (Å²) in [6.07, 6.45) is 6.87. The second-order valence-electron chi connectivity index (χ2n) is 4.23. The first-order chi connectivity index (χ1) is 7.79. The molecule has 88 valence electrons. The van der Waals surface area contributed by atoms with Crippen LogP contribution in [0.3, 0.4) is 0 Å². The van der Waals surface area contributed by atoms with E-state index < -0.39 is 0 Å². The Hall–Kier alpha value is -0.470. The maximum Gasteiger partial charge on any atom is 0.232 e. The van der Waals surface area contributed by atoms with Crippen molar-refractivity contribution in [2.75, 3.05) is 6.61 Å². The number of alkyl halides is 1. The molecule has 2 nitrogen and oxygen atoms in total. The largest absolute Gasteiger partial charge is 0.476 e. The SMILES string of the molecule is ClCc1cnc(OCC2CCCC2)c(Cl)c1. The fourth-order valence-corrected chi connectivity index (χ4v) is 2.41. The summed E-state index contributed by atoms with van der Waals surface area (Å²) < 4.78 is 5.63.